The summed E-state index contributed by atoms with van der Waals surface area (Å²) >= 11 is 0. The molecule has 1 nitrogen and oxygen atoms in total. The minimum Gasteiger partial charge on any atom is -0.298 e. The summed E-state index contributed by atoms with van der Waals surface area (Å²) in [5, 5.41) is 2.60. The SMILES string of the molecule is C/C(=C\CN(C)Cc1ccccc1)c1ccc2ccccc2c1.Cl. The molecule has 124 valence electrons. The minimum absolute atomic E-state index is 0. The van der Waals surface area contributed by atoms with Crippen molar-refractivity contribution in [3.05, 3.63) is 90.0 Å². The fourth-order valence-electron chi connectivity index (χ4n) is 2.80. The quantitative estimate of drug-likeness (QED) is 0.569. The first kappa shape index (κ1) is 18.3. The van der Waals surface area contributed by atoms with Crippen LogP contribution in [0.5, 0.6) is 0 Å². The predicted octanol–water partition coefficient (Wildman–Crippen LogP) is 5.80. The Kier molecular flexibility index (Phi) is 6.60. The highest BCUT2D eigenvalue weighted by Gasteiger charge is 2.01. The molecular weight excluding hydrogens is 314 g/mol. The van der Waals surface area contributed by atoms with Crippen LogP contribution in [0.15, 0.2) is 78.9 Å². The smallest absolute Gasteiger partial charge is 0.0233 e. The van der Waals surface area contributed by atoms with Crippen molar-refractivity contribution >= 4 is 28.8 Å². The Balaban J connectivity index is 0.00000208. The Morgan fingerprint density at radius 1 is 0.875 bits per heavy atom. The van der Waals surface area contributed by atoms with Crippen molar-refractivity contribution in [2.24, 2.45) is 0 Å². The molecule has 2 heteroatoms. The lowest BCUT2D eigenvalue weighted by Gasteiger charge is -2.15. The van der Waals surface area contributed by atoms with E-state index in [0.717, 1.165) is 13.1 Å². The third kappa shape index (κ3) is 4.70. The fraction of sp³-hybridized carbons (Fsp3) is 0.182. The minimum atomic E-state index is 0. The third-order valence-electron chi connectivity index (χ3n) is 4.21. The van der Waals surface area contributed by atoms with Crippen LogP contribution < -0.4 is 0 Å². The highest BCUT2D eigenvalue weighted by Crippen LogP contribution is 2.21. The maximum atomic E-state index is 2.33. The highest BCUT2D eigenvalue weighted by atomic mass is 35.5. The van der Waals surface area contributed by atoms with Crippen molar-refractivity contribution in [3.63, 3.8) is 0 Å². The fourth-order valence-corrected chi connectivity index (χ4v) is 2.80. The van der Waals surface area contributed by atoms with E-state index in [9.17, 15) is 0 Å². The lowest BCUT2D eigenvalue weighted by molar-refractivity contribution is 0.363. The van der Waals surface area contributed by atoms with Crippen LogP contribution in [-0.2, 0) is 6.54 Å². The molecule has 0 aromatic heterocycles. The number of hydrogen-bond acceptors (Lipinski definition) is 1. The zero-order chi connectivity index (χ0) is 16.1. The van der Waals surface area contributed by atoms with Gasteiger partial charge < -0.3 is 0 Å². The maximum absolute atomic E-state index is 2.33. The molecule has 0 saturated carbocycles. The van der Waals surface area contributed by atoms with Gasteiger partial charge in [0.1, 0.15) is 0 Å². The standard InChI is InChI=1S/C22H23N.ClH/c1-18(14-15-23(2)17-19-8-4-3-5-9-19)21-13-12-20-10-6-7-11-22(20)16-21;/h3-14,16H,15,17H2,1-2H3;1H/b18-14+;. The second-order valence-corrected chi connectivity index (χ2v) is 6.13. The van der Waals surface area contributed by atoms with Gasteiger partial charge in [0.15, 0.2) is 0 Å². The van der Waals surface area contributed by atoms with Crippen molar-refractivity contribution in [2.75, 3.05) is 13.6 Å². The first-order valence-corrected chi connectivity index (χ1v) is 8.11. The number of fused-ring (bicyclic) bond motifs is 1. The average molecular weight is 338 g/mol. The van der Waals surface area contributed by atoms with Crippen LogP contribution >= 0.6 is 12.4 Å². The van der Waals surface area contributed by atoms with E-state index in [2.05, 4.69) is 97.7 Å². The van der Waals surface area contributed by atoms with Crippen LogP contribution in [0.1, 0.15) is 18.1 Å². The summed E-state index contributed by atoms with van der Waals surface area (Å²) in [6, 6.07) is 25.8. The van der Waals surface area contributed by atoms with Gasteiger partial charge in [0.25, 0.3) is 0 Å². The molecule has 0 heterocycles. The van der Waals surface area contributed by atoms with E-state index in [1.807, 2.05) is 0 Å². The Hall–Kier alpha value is -2.09. The van der Waals surface area contributed by atoms with Gasteiger partial charge in [-0.05, 0) is 47.5 Å². The van der Waals surface area contributed by atoms with Crippen molar-refractivity contribution < 1.29 is 0 Å². The molecule has 0 aliphatic rings. The number of likely N-dealkylation sites (N-methyl/N-ethyl adjacent to an activating group) is 1. The van der Waals surface area contributed by atoms with Crippen molar-refractivity contribution in [2.45, 2.75) is 13.5 Å². The zero-order valence-corrected chi connectivity index (χ0v) is 15.1. The Morgan fingerprint density at radius 3 is 2.29 bits per heavy atom. The van der Waals surface area contributed by atoms with E-state index < -0.39 is 0 Å². The van der Waals surface area contributed by atoms with Gasteiger partial charge in [0.2, 0.25) is 0 Å². The van der Waals surface area contributed by atoms with E-state index in [1.54, 1.807) is 0 Å². The van der Waals surface area contributed by atoms with E-state index >= 15 is 0 Å². The second-order valence-electron chi connectivity index (χ2n) is 6.13. The molecule has 0 saturated heterocycles. The molecule has 0 bridgehead atoms. The lowest BCUT2D eigenvalue weighted by atomic mass is 10.0. The molecule has 0 atom stereocenters. The van der Waals surface area contributed by atoms with Gasteiger partial charge in [0.05, 0.1) is 0 Å². The molecule has 0 N–H and O–H groups in total. The molecule has 3 aromatic carbocycles. The molecule has 0 amide bonds. The van der Waals surface area contributed by atoms with Crippen molar-refractivity contribution in [1.29, 1.82) is 0 Å². The van der Waals surface area contributed by atoms with Crippen molar-refractivity contribution in [1.82, 2.24) is 4.90 Å². The summed E-state index contributed by atoms with van der Waals surface area (Å²) in [6.45, 7) is 4.12. The van der Waals surface area contributed by atoms with Gasteiger partial charge in [-0.2, -0.15) is 0 Å². The van der Waals surface area contributed by atoms with Crippen LogP contribution in [-0.4, -0.2) is 18.5 Å². The number of halogens is 1. The first-order valence-electron chi connectivity index (χ1n) is 8.11. The van der Waals surface area contributed by atoms with E-state index in [1.165, 1.54) is 27.5 Å². The Bertz CT molecular complexity index is 808. The molecule has 0 aliphatic carbocycles. The van der Waals surface area contributed by atoms with Crippen molar-refractivity contribution in [3.8, 4) is 0 Å². The molecule has 3 rings (SSSR count). The van der Waals surface area contributed by atoms with Gasteiger partial charge in [-0.1, -0.05) is 72.8 Å². The van der Waals surface area contributed by atoms with E-state index in [-0.39, 0.29) is 12.4 Å². The predicted molar refractivity (Wildman–Crippen MR) is 108 cm³/mol. The van der Waals surface area contributed by atoms with Crippen LogP contribution in [0, 0.1) is 0 Å². The number of hydrogen-bond donors (Lipinski definition) is 0. The third-order valence-corrected chi connectivity index (χ3v) is 4.21. The summed E-state index contributed by atoms with van der Waals surface area (Å²) in [7, 11) is 2.16. The van der Waals surface area contributed by atoms with Gasteiger partial charge in [-0.15, -0.1) is 12.4 Å². The second kappa shape index (κ2) is 8.68. The average Bonchev–Trinajstić information content (AvgIpc) is 2.60. The van der Waals surface area contributed by atoms with E-state index in [0.29, 0.717) is 0 Å². The van der Waals surface area contributed by atoms with Crippen LogP contribution in [0.2, 0.25) is 0 Å². The maximum Gasteiger partial charge on any atom is 0.0233 e. The number of allylic oxidation sites excluding steroid dienone is 1. The Labute approximate surface area is 151 Å². The van der Waals surface area contributed by atoms with E-state index in [4.69, 9.17) is 0 Å². The summed E-state index contributed by atoms with van der Waals surface area (Å²) in [4.78, 5) is 2.33. The molecule has 3 aromatic rings. The molecule has 0 aliphatic heterocycles. The summed E-state index contributed by atoms with van der Waals surface area (Å²) in [6.07, 6.45) is 2.31. The Morgan fingerprint density at radius 2 is 1.54 bits per heavy atom. The topological polar surface area (TPSA) is 3.24 Å². The molecule has 0 radical (unpaired) electrons. The molecule has 0 unspecified atom stereocenters. The van der Waals surface area contributed by atoms with Gasteiger partial charge in [0, 0.05) is 13.1 Å². The molecular formula is C22H24ClN. The number of rotatable bonds is 5. The van der Waals surface area contributed by atoms with Gasteiger partial charge >= 0.3 is 0 Å². The number of nitrogens with zero attached hydrogens (tertiary/aromatic N) is 1. The van der Waals surface area contributed by atoms with Gasteiger partial charge in [-0.3, -0.25) is 4.90 Å². The first-order chi connectivity index (χ1) is 11.2. The van der Waals surface area contributed by atoms with Crippen LogP contribution in [0.4, 0.5) is 0 Å². The zero-order valence-electron chi connectivity index (χ0n) is 14.3. The highest BCUT2D eigenvalue weighted by molar-refractivity contribution is 5.86. The summed E-state index contributed by atoms with van der Waals surface area (Å²) in [5.41, 5.74) is 3.99. The molecule has 24 heavy (non-hydrogen) atoms. The lowest BCUT2D eigenvalue weighted by Crippen LogP contribution is -2.17. The number of benzene rings is 3. The molecule has 0 fully saturated rings. The van der Waals surface area contributed by atoms with Crippen LogP contribution in [0.3, 0.4) is 0 Å². The largest absolute Gasteiger partial charge is 0.298 e. The normalized spacial score (nSPS) is 11.5. The van der Waals surface area contributed by atoms with Gasteiger partial charge in [-0.25, -0.2) is 0 Å². The summed E-state index contributed by atoms with van der Waals surface area (Å²) in [5.74, 6) is 0. The summed E-state index contributed by atoms with van der Waals surface area (Å²) < 4.78 is 0. The monoisotopic (exact) mass is 337 g/mol. The van der Waals surface area contributed by atoms with Crippen LogP contribution in [0.25, 0.3) is 16.3 Å². The molecule has 0 spiro atoms.